The summed E-state index contributed by atoms with van der Waals surface area (Å²) in [5.74, 6) is 0. The number of aromatic nitrogens is 2. The highest BCUT2D eigenvalue weighted by Crippen LogP contribution is 2.26. The minimum absolute atomic E-state index is 0.647. The number of nitrogens with zero attached hydrogens (tertiary/aromatic N) is 3. The van der Waals surface area contributed by atoms with E-state index in [4.69, 9.17) is 0 Å². The fourth-order valence-corrected chi connectivity index (χ4v) is 4.64. The van der Waals surface area contributed by atoms with Crippen molar-refractivity contribution in [2.75, 3.05) is 7.05 Å². The van der Waals surface area contributed by atoms with Crippen LogP contribution in [0, 0.1) is 13.8 Å². The summed E-state index contributed by atoms with van der Waals surface area (Å²) in [6.07, 6.45) is 10.7. The third-order valence-corrected chi connectivity index (χ3v) is 6.50. The minimum atomic E-state index is 0.647. The molecule has 4 heteroatoms. The molecule has 0 amide bonds. The molecule has 0 radical (unpaired) electrons. The van der Waals surface area contributed by atoms with Crippen LogP contribution < -0.4 is 0 Å². The molecule has 0 unspecified atom stereocenters. The number of pyridine rings is 2. The van der Waals surface area contributed by atoms with Gasteiger partial charge in [-0.2, -0.15) is 0 Å². The number of hydrogen-bond donors (Lipinski definition) is 0. The van der Waals surface area contributed by atoms with Crippen LogP contribution in [0.3, 0.4) is 0 Å². The number of carbonyl (C=O) groups is 1. The molecule has 31 heavy (non-hydrogen) atoms. The Morgan fingerprint density at radius 3 is 2.52 bits per heavy atom. The van der Waals surface area contributed by atoms with Crippen LogP contribution >= 0.6 is 0 Å². The zero-order valence-electron chi connectivity index (χ0n) is 18.8. The molecular weight excluding hydrogens is 382 g/mol. The van der Waals surface area contributed by atoms with Gasteiger partial charge in [-0.15, -0.1) is 0 Å². The third kappa shape index (κ3) is 5.08. The topological polar surface area (TPSA) is 46.1 Å². The quantitative estimate of drug-likeness (QED) is 0.477. The standard InChI is InChI=1S/C27H31N3O/c1-19-12-24(17-30(3)26-6-4-5-7-26)25(18-31)15-23(19)14-21-8-9-27(29-16-21)22-10-11-28-20(2)13-22/h8-13,15-16,18,26H,4-7,14,17H2,1-3H3. The Balaban J connectivity index is 1.51. The van der Waals surface area contributed by atoms with E-state index >= 15 is 0 Å². The minimum Gasteiger partial charge on any atom is -0.299 e. The van der Waals surface area contributed by atoms with Gasteiger partial charge in [0.05, 0.1) is 5.69 Å². The molecule has 0 bridgehead atoms. The number of rotatable bonds is 7. The molecule has 2 aromatic heterocycles. The molecule has 0 spiro atoms. The molecule has 1 aliphatic rings. The van der Waals surface area contributed by atoms with Crippen LogP contribution in [0.2, 0.25) is 0 Å². The lowest BCUT2D eigenvalue weighted by Crippen LogP contribution is -2.29. The Morgan fingerprint density at radius 2 is 1.84 bits per heavy atom. The summed E-state index contributed by atoms with van der Waals surface area (Å²) >= 11 is 0. The highest BCUT2D eigenvalue weighted by atomic mass is 16.1. The van der Waals surface area contributed by atoms with E-state index in [0.29, 0.717) is 6.04 Å². The van der Waals surface area contributed by atoms with Gasteiger partial charge in [-0.3, -0.25) is 19.7 Å². The normalized spacial score (nSPS) is 14.3. The van der Waals surface area contributed by atoms with Crippen LogP contribution in [0.4, 0.5) is 0 Å². The largest absolute Gasteiger partial charge is 0.299 e. The van der Waals surface area contributed by atoms with E-state index in [2.05, 4.69) is 53.1 Å². The predicted molar refractivity (Wildman–Crippen MR) is 125 cm³/mol. The Kier molecular flexibility index (Phi) is 6.57. The lowest BCUT2D eigenvalue weighted by atomic mass is 9.95. The SMILES string of the molecule is Cc1cc(-c2ccc(Cc3cc(C=O)c(CN(C)C4CCCC4)cc3C)cn2)ccn1. The average molecular weight is 414 g/mol. The van der Waals surface area contributed by atoms with E-state index in [1.165, 1.54) is 36.8 Å². The second-order valence-electron chi connectivity index (χ2n) is 8.86. The van der Waals surface area contributed by atoms with E-state index in [-0.39, 0.29) is 0 Å². The lowest BCUT2D eigenvalue weighted by Gasteiger charge is -2.25. The highest BCUT2D eigenvalue weighted by Gasteiger charge is 2.20. The first-order valence-corrected chi connectivity index (χ1v) is 11.2. The third-order valence-electron chi connectivity index (χ3n) is 6.50. The van der Waals surface area contributed by atoms with Crippen molar-refractivity contribution in [1.82, 2.24) is 14.9 Å². The van der Waals surface area contributed by atoms with Crippen molar-refractivity contribution in [2.24, 2.45) is 0 Å². The Hall–Kier alpha value is -2.85. The molecule has 0 aliphatic heterocycles. The number of aryl methyl sites for hydroxylation is 2. The molecule has 0 N–H and O–H groups in total. The summed E-state index contributed by atoms with van der Waals surface area (Å²) in [5, 5.41) is 0. The molecule has 4 rings (SSSR count). The van der Waals surface area contributed by atoms with Crippen LogP contribution in [0.1, 0.15) is 64.0 Å². The Morgan fingerprint density at radius 1 is 1.03 bits per heavy atom. The van der Waals surface area contributed by atoms with Crippen molar-refractivity contribution >= 4 is 6.29 Å². The summed E-state index contributed by atoms with van der Waals surface area (Å²) < 4.78 is 0. The van der Waals surface area contributed by atoms with Crippen molar-refractivity contribution in [3.8, 4) is 11.3 Å². The number of hydrogen-bond acceptors (Lipinski definition) is 4. The van der Waals surface area contributed by atoms with Gasteiger partial charge in [0.25, 0.3) is 0 Å². The second-order valence-corrected chi connectivity index (χ2v) is 8.86. The van der Waals surface area contributed by atoms with Crippen LogP contribution in [0.5, 0.6) is 0 Å². The monoisotopic (exact) mass is 413 g/mol. The van der Waals surface area contributed by atoms with Crippen molar-refractivity contribution in [3.05, 3.63) is 82.3 Å². The van der Waals surface area contributed by atoms with Gasteiger partial charge in [-0.05, 0) is 86.7 Å². The van der Waals surface area contributed by atoms with Crippen LogP contribution in [0.25, 0.3) is 11.3 Å². The van der Waals surface area contributed by atoms with Gasteiger partial charge < -0.3 is 0 Å². The van der Waals surface area contributed by atoms with Gasteiger partial charge in [0.2, 0.25) is 0 Å². The van der Waals surface area contributed by atoms with Crippen LogP contribution in [-0.2, 0) is 13.0 Å². The summed E-state index contributed by atoms with van der Waals surface area (Å²) in [5.41, 5.74) is 8.51. The fraction of sp³-hybridized carbons (Fsp3) is 0.370. The Bertz CT molecular complexity index is 1050. The van der Waals surface area contributed by atoms with Gasteiger partial charge in [0, 0.05) is 41.8 Å². The van der Waals surface area contributed by atoms with E-state index in [1.54, 1.807) is 0 Å². The first kappa shape index (κ1) is 21.4. The van der Waals surface area contributed by atoms with E-state index in [1.807, 2.05) is 31.5 Å². The summed E-state index contributed by atoms with van der Waals surface area (Å²) in [6, 6.07) is 13.1. The average Bonchev–Trinajstić information content (AvgIpc) is 3.31. The molecule has 160 valence electrons. The molecule has 0 atom stereocenters. The first-order chi connectivity index (χ1) is 15.0. The number of carbonyl (C=O) groups excluding carboxylic acids is 1. The molecular formula is C27H31N3O. The molecule has 1 saturated carbocycles. The molecule has 1 aliphatic carbocycles. The maximum Gasteiger partial charge on any atom is 0.150 e. The summed E-state index contributed by atoms with van der Waals surface area (Å²) in [6.45, 7) is 4.96. The highest BCUT2D eigenvalue weighted by molar-refractivity contribution is 5.78. The van der Waals surface area contributed by atoms with Gasteiger partial charge in [0.1, 0.15) is 6.29 Å². The van der Waals surface area contributed by atoms with Crippen molar-refractivity contribution in [3.63, 3.8) is 0 Å². The maximum absolute atomic E-state index is 11.8. The fourth-order valence-electron chi connectivity index (χ4n) is 4.64. The van der Waals surface area contributed by atoms with Gasteiger partial charge in [-0.25, -0.2) is 0 Å². The summed E-state index contributed by atoms with van der Waals surface area (Å²) in [4.78, 5) is 23.2. The van der Waals surface area contributed by atoms with E-state index in [0.717, 1.165) is 52.9 Å². The van der Waals surface area contributed by atoms with Crippen molar-refractivity contribution in [1.29, 1.82) is 0 Å². The maximum atomic E-state index is 11.8. The zero-order chi connectivity index (χ0) is 21.8. The molecule has 1 aromatic carbocycles. The number of aldehydes is 1. The second kappa shape index (κ2) is 9.52. The smallest absolute Gasteiger partial charge is 0.150 e. The van der Waals surface area contributed by atoms with Crippen molar-refractivity contribution < 1.29 is 4.79 Å². The lowest BCUT2D eigenvalue weighted by molar-refractivity contribution is 0.112. The number of benzene rings is 1. The predicted octanol–water partition coefficient (Wildman–Crippen LogP) is 5.54. The van der Waals surface area contributed by atoms with Crippen LogP contribution in [-0.4, -0.2) is 34.2 Å². The summed E-state index contributed by atoms with van der Waals surface area (Å²) in [7, 11) is 2.19. The zero-order valence-corrected chi connectivity index (χ0v) is 18.8. The van der Waals surface area contributed by atoms with Gasteiger partial charge in [-0.1, -0.05) is 25.0 Å². The van der Waals surface area contributed by atoms with Crippen LogP contribution in [0.15, 0.2) is 48.8 Å². The van der Waals surface area contributed by atoms with E-state index in [9.17, 15) is 4.79 Å². The van der Waals surface area contributed by atoms with Gasteiger partial charge >= 0.3 is 0 Å². The van der Waals surface area contributed by atoms with Gasteiger partial charge in [0.15, 0.2) is 0 Å². The van der Waals surface area contributed by atoms with E-state index < -0.39 is 0 Å². The first-order valence-electron chi connectivity index (χ1n) is 11.2. The molecule has 2 heterocycles. The van der Waals surface area contributed by atoms with Crippen molar-refractivity contribution in [2.45, 2.75) is 58.5 Å². The molecule has 3 aromatic rings. The molecule has 4 nitrogen and oxygen atoms in total. The molecule has 1 fully saturated rings. The Labute approximate surface area is 185 Å². The molecule has 0 saturated heterocycles.